The van der Waals surface area contributed by atoms with Crippen molar-refractivity contribution in [1.82, 2.24) is 5.32 Å². The highest BCUT2D eigenvalue weighted by Crippen LogP contribution is 2.24. The van der Waals surface area contributed by atoms with Gasteiger partial charge in [0.15, 0.2) is 0 Å². The topological polar surface area (TPSA) is 12.0 Å². The third kappa shape index (κ3) is 4.25. The lowest BCUT2D eigenvalue weighted by atomic mass is 10.1. The Morgan fingerprint density at radius 2 is 1.94 bits per heavy atom. The summed E-state index contributed by atoms with van der Waals surface area (Å²) in [5, 5.41) is 5.94. The van der Waals surface area contributed by atoms with Gasteiger partial charge in [-0.3, -0.25) is 0 Å². The molecular weight excluding hydrogens is 309 g/mol. The van der Waals surface area contributed by atoms with Gasteiger partial charge in [-0.05, 0) is 25.0 Å². The first-order valence-electron chi connectivity index (χ1n) is 5.41. The number of benzene rings is 1. The predicted molar refractivity (Wildman–Crippen MR) is 75.8 cm³/mol. The van der Waals surface area contributed by atoms with Crippen LogP contribution in [0.15, 0.2) is 18.2 Å². The van der Waals surface area contributed by atoms with Gasteiger partial charge < -0.3 is 5.32 Å². The first kappa shape index (κ1) is 14.3. The Labute approximate surface area is 116 Å². The van der Waals surface area contributed by atoms with E-state index < -0.39 is 0 Å². The van der Waals surface area contributed by atoms with Crippen molar-refractivity contribution >= 4 is 39.1 Å². The van der Waals surface area contributed by atoms with E-state index in [-0.39, 0.29) is 0 Å². The highest BCUT2D eigenvalue weighted by molar-refractivity contribution is 9.09. The molecule has 0 spiro atoms. The third-order valence-corrected chi connectivity index (χ3v) is 3.75. The zero-order valence-electron chi connectivity index (χ0n) is 9.27. The number of alkyl halides is 1. The predicted octanol–water partition coefficient (Wildman–Crippen LogP) is 4.65. The lowest BCUT2D eigenvalue weighted by Gasteiger charge is -2.16. The molecule has 0 fully saturated rings. The highest BCUT2D eigenvalue weighted by atomic mass is 79.9. The lowest BCUT2D eigenvalue weighted by molar-refractivity contribution is 0.488. The second kappa shape index (κ2) is 7.54. The molecule has 1 rings (SSSR count). The van der Waals surface area contributed by atoms with Crippen molar-refractivity contribution in [3.8, 4) is 0 Å². The fourth-order valence-corrected chi connectivity index (χ4v) is 2.61. The van der Waals surface area contributed by atoms with Gasteiger partial charge in [0.1, 0.15) is 0 Å². The SMILES string of the molecule is CCC(CCBr)NCc1c(Cl)cccc1Cl. The van der Waals surface area contributed by atoms with Gasteiger partial charge in [-0.15, -0.1) is 0 Å². The van der Waals surface area contributed by atoms with Crippen LogP contribution in [-0.4, -0.2) is 11.4 Å². The smallest absolute Gasteiger partial charge is 0.0465 e. The van der Waals surface area contributed by atoms with Crippen LogP contribution in [0.3, 0.4) is 0 Å². The van der Waals surface area contributed by atoms with Crippen molar-refractivity contribution in [1.29, 1.82) is 0 Å². The Morgan fingerprint density at radius 1 is 1.31 bits per heavy atom. The average molecular weight is 325 g/mol. The molecule has 4 heteroatoms. The van der Waals surface area contributed by atoms with Gasteiger partial charge in [0.05, 0.1) is 0 Å². The highest BCUT2D eigenvalue weighted by Gasteiger charge is 2.08. The molecule has 1 aromatic carbocycles. The average Bonchev–Trinajstić information content (AvgIpc) is 2.27. The molecule has 0 aromatic heterocycles. The van der Waals surface area contributed by atoms with Gasteiger partial charge in [0.2, 0.25) is 0 Å². The molecule has 1 nitrogen and oxygen atoms in total. The molecular formula is C12H16BrCl2N. The number of nitrogens with one attached hydrogen (secondary N) is 1. The van der Waals surface area contributed by atoms with Crippen molar-refractivity contribution in [2.24, 2.45) is 0 Å². The minimum Gasteiger partial charge on any atom is -0.310 e. The minimum atomic E-state index is 0.506. The number of hydrogen-bond donors (Lipinski definition) is 1. The summed E-state index contributed by atoms with van der Waals surface area (Å²) in [6.07, 6.45) is 2.21. The molecule has 1 N–H and O–H groups in total. The van der Waals surface area contributed by atoms with E-state index in [1.54, 1.807) is 0 Å². The minimum absolute atomic E-state index is 0.506. The van der Waals surface area contributed by atoms with Crippen LogP contribution in [0.5, 0.6) is 0 Å². The summed E-state index contributed by atoms with van der Waals surface area (Å²) in [6, 6.07) is 6.11. The second-order valence-corrected chi connectivity index (χ2v) is 5.27. The van der Waals surface area contributed by atoms with Crippen molar-refractivity contribution in [2.75, 3.05) is 5.33 Å². The van der Waals surface area contributed by atoms with Crippen molar-refractivity contribution in [2.45, 2.75) is 32.4 Å². The third-order valence-electron chi connectivity index (χ3n) is 2.58. The molecule has 0 saturated carbocycles. The zero-order valence-corrected chi connectivity index (χ0v) is 12.4. The Kier molecular flexibility index (Phi) is 6.74. The molecule has 0 bridgehead atoms. The molecule has 0 saturated heterocycles. The van der Waals surface area contributed by atoms with Crippen LogP contribution in [0.1, 0.15) is 25.3 Å². The summed E-state index contributed by atoms with van der Waals surface area (Å²) in [6.45, 7) is 2.90. The summed E-state index contributed by atoms with van der Waals surface area (Å²) < 4.78 is 0. The van der Waals surface area contributed by atoms with Crippen molar-refractivity contribution in [3.05, 3.63) is 33.8 Å². The van der Waals surface area contributed by atoms with Crippen molar-refractivity contribution < 1.29 is 0 Å². The van der Waals surface area contributed by atoms with E-state index >= 15 is 0 Å². The van der Waals surface area contributed by atoms with Crippen LogP contribution in [0.4, 0.5) is 0 Å². The van der Waals surface area contributed by atoms with Gasteiger partial charge >= 0.3 is 0 Å². The molecule has 0 amide bonds. The molecule has 0 radical (unpaired) electrons. The standard InChI is InChI=1S/C12H16BrCl2N/c1-2-9(6-7-13)16-8-10-11(14)4-3-5-12(10)15/h3-5,9,16H,2,6-8H2,1H3. The first-order valence-corrected chi connectivity index (χ1v) is 7.29. The summed E-state index contributed by atoms with van der Waals surface area (Å²) in [7, 11) is 0. The molecule has 1 atom stereocenters. The molecule has 0 heterocycles. The molecule has 16 heavy (non-hydrogen) atoms. The summed E-state index contributed by atoms with van der Waals surface area (Å²) in [4.78, 5) is 0. The van der Waals surface area contributed by atoms with Crippen LogP contribution < -0.4 is 5.32 Å². The van der Waals surface area contributed by atoms with Crippen LogP contribution in [0.2, 0.25) is 10.0 Å². The number of halogens is 3. The summed E-state index contributed by atoms with van der Waals surface area (Å²) >= 11 is 15.7. The van der Waals surface area contributed by atoms with E-state index in [1.165, 1.54) is 0 Å². The maximum Gasteiger partial charge on any atom is 0.0465 e. The van der Waals surface area contributed by atoms with E-state index in [9.17, 15) is 0 Å². The van der Waals surface area contributed by atoms with Crippen LogP contribution >= 0.6 is 39.1 Å². The van der Waals surface area contributed by atoms with E-state index in [1.807, 2.05) is 18.2 Å². The Balaban J connectivity index is 2.59. The molecule has 1 unspecified atom stereocenters. The Morgan fingerprint density at radius 3 is 2.44 bits per heavy atom. The number of rotatable bonds is 6. The fraction of sp³-hybridized carbons (Fsp3) is 0.500. The van der Waals surface area contributed by atoms with E-state index in [4.69, 9.17) is 23.2 Å². The molecule has 1 aromatic rings. The maximum absolute atomic E-state index is 6.10. The molecule has 0 aliphatic heterocycles. The fourth-order valence-electron chi connectivity index (χ4n) is 1.53. The van der Waals surface area contributed by atoms with Gasteiger partial charge in [-0.25, -0.2) is 0 Å². The zero-order chi connectivity index (χ0) is 12.0. The van der Waals surface area contributed by atoms with Gasteiger partial charge in [-0.1, -0.05) is 52.1 Å². The Hall–Kier alpha value is 0.240. The molecule has 0 aliphatic carbocycles. The largest absolute Gasteiger partial charge is 0.310 e. The molecule has 0 aliphatic rings. The first-order chi connectivity index (χ1) is 7.69. The normalized spacial score (nSPS) is 12.8. The Bertz CT molecular complexity index is 311. The van der Waals surface area contributed by atoms with Crippen LogP contribution in [-0.2, 0) is 6.54 Å². The van der Waals surface area contributed by atoms with Gasteiger partial charge in [0, 0.05) is 33.5 Å². The van der Waals surface area contributed by atoms with E-state index in [0.29, 0.717) is 6.04 Å². The molecule has 90 valence electrons. The van der Waals surface area contributed by atoms with Crippen molar-refractivity contribution in [3.63, 3.8) is 0 Å². The summed E-state index contributed by atoms with van der Waals surface area (Å²) in [5.74, 6) is 0. The van der Waals surface area contributed by atoms with Crippen LogP contribution in [0, 0.1) is 0 Å². The summed E-state index contributed by atoms with van der Waals surface area (Å²) in [5.41, 5.74) is 0.985. The van der Waals surface area contributed by atoms with E-state index in [0.717, 1.165) is 40.3 Å². The van der Waals surface area contributed by atoms with Gasteiger partial charge in [-0.2, -0.15) is 0 Å². The van der Waals surface area contributed by atoms with E-state index in [2.05, 4.69) is 28.2 Å². The quantitative estimate of drug-likeness (QED) is 0.751. The van der Waals surface area contributed by atoms with Crippen LogP contribution in [0.25, 0.3) is 0 Å². The number of hydrogen-bond acceptors (Lipinski definition) is 1. The lowest BCUT2D eigenvalue weighted by Crippen LogP contribution is -2.28. The van der Waals surface area contributed by atoms with Gasteiger partial charge in [0.25, 0.3) is 0 Å². The monoisotopic (exact) mass is 323 g/mol. The second-order valence-electron chi connectivity index (χ2n) is 3.66. The maximum atomic E-state index is 6.10.